The Balaban J connectivity index is 2.03. The fourth-order valence-electron chi connectivity index (χ4n) is 1.67. The Hall–Kier alpha value is -2.81. The summed E-state index contributed by atoms with van der Waals surface area (Å²) in [7, 11) is 1.82. The summed E-state index contributed by atoms with van der Waals surface area (Å²) < 4.78 is 11.9. The van der Waals surface area contributed by atoms with Crippen LogP contribution in [0.25, 0.3) is 23.0 Å². The molecule has 0 saturated heterocycles. The maximum atomic E-state index is 8.84. The van der Waals surface area contributed by atoms with Gasteiger partial charge in [0, 0.05) is 13.2 Å². The van der Waals surface area contributed by atoms with Crippen molar-refractivity contribution >= 4 is 0 Å². The highest BCUT2D eigenvalue weighted by Gasteiger charge is 2.14. The molecule has 0 aliphatic rings. The van der Waals surface area contributed by atoms with Crippen LogP contribution in [0.2, 0.25) is 0 Å². The predicted octanol–water partition coefficient (Wildman–Crippen LogP) is 2.21. The molecule has 0 aliphatic heterocycles. The smallest absolute Gasteiger partial charge is 0.274 e. The van der Waals surface area contributed by atoms with E-state index >= 15 is 0 Å². The summed E-state index contributed by atoms with van der Waals surface area (Å²) in [5.74, 6) is 0.827. The molecule has 0 atom stereocenters. The monoisotopic (exact) mass is 240 g/mol. The fourth-order valence-corrected chi connectivity index (χ4v) is 1.67. The quantitative estimate of drug-likeness (QED) is 0.685. The highest BCUT2D eigenvalue weighted by atomic mass is 16.5. The third-order valence-corrected chi connectivity index (χ3v) is 2.56. The molecule has 6 nitrogen and oxygen atoms in total. The van der Waals surface area contributed by atoms with Gasteiger partial charge in [0.15, 0.2) is 0 Å². The minimum Gasteiger partial charge on any atom is -0.472 e. The lowest BCUT2D eigenvalue weighted by atomic mass is 10.3. The first-order chi connectivity index (χ1) is 8.78. The molecule has 0 unspecified atom stereocenters. The molecular weight excluding hydrogens is 232 g/mol. The largest absolute Gasteiger partial charge is 0.472 e. The van der Waals surface area contributed by atoms with Gasteiger partial charge in [0.1, 0.15) is 18.0 Å². The molecule has 0 aromatic carbocycles. The van der Waals surface area contributed by atoms with Crippen molar-refractivity contribution in [2.75, 3.05) is 0 Å². The van der Waals surface area contributed by atoms with Gasteiger partial charge in [-0.1, -0.05) is 5.16 Å². The van der Waals surface area contributed by atoms with Crippen LogP contribution in [0.4, 0.5) is 0 Å². The van der Waals surface area contributed by atoms with E-state index < -0.39 is 0 Å². The summed E-state index contributed by atoms with van der Waals surface area (Å²) in [6.45, 7) is 0. The summed E-state index contributed by atoms with van der Waals surface area (Å²) in [5, 5.41) is 12.7. The highest BCUT2D eigenvalue weighted by Crippen LogP contribution is 2.23. The average Bonchev–Trinajstić information content (AvgIpc) is 3.08. The van der Waals surface area contributed by atoms with Crippen LogP contribution >= 0.6 is 0 Å². The van der Waals surface area contributed by atoms with E-state index in [9.17, 15) is 0 Å². The average molecular weight is 240 g/mol. The number of aromatic nitrogens is 3. The molecule has 3 aromatic heterocycles. The van der Waals surface area contributed by atoms with E-state index in [4.69, 9.17) is 14.2 Å². The van der Waals surface area contributed by atoms with Crippen molar-refractivity contribution in [3.8, 4) is 29.0 Å². The Morgan fingerprint density at radius 1 is 1.44 bits per heavy atom. The normalized spacial score (nSPS) is 10.4. The molecule has 0 spiro atoms. The van der Waals surface area contributed by atoms with Crippen molar-refractivity contribution in [1.29, 1.82) is 5.26 Å². The topological polar surface area (TPSA) is 80.8 Å². The van der Waals surface area contributed by atoms with E-state index in [0.717, 1.165) is 5.56 Å². The van der Waals surface area contributed by atoms with Gasteiger partial charge in [0.25, 0.3) is 5.89 Å². The second-order valence-electron chi connectivity index (χ2n) is 3.77. The van der Waals surface area contributed by atoms with Crippen molar-refractivity contribution < 1.29 is 8.94 Å². The minimum absolute atomic E-state index is 0.371. The van der Waals surface area contributed by atoms with Gasteiger partial charge in [0.05, 0.1) is 17.4 Å². The number of aryl methyl sites for hydroxylation is 1. The lowest BCUT2D eigenvalue weighted by Gasteiger charge is -1.94. The van der Waals surface area contributed by atoms with Crippen molar-refractivity contribution in [1.82, 2.24) is 14.7 Å². The lowest BCUT2D eigenvalue weighted by Crippen LogP contribution is -1.89. The van der Waals surface area contributed by atoms with E-state index in [0.29, 0.717) is 23.0 Å². The predicted molar refractivity (Wildman–Crippen MR) is 61.1 cm³/mol. The summed E-state index contributed by atoms with van der Waals surface area (Å²) in [5.41, 5.74) is 2.00. The molecule has 18 heavy (non-hydrogen) atoms. The van der Waals surface area contributed by atoms with Crippen LogP contribution in [0.5, 0.6) is 0 Å². The number of rotatable bonds is 2. The van der Waals surface area contributed by atoms with Crippen LogP contribution in [0.3, 0.4) is 0 Å². The van der Waals surface area contributed by atoms with Gasteiger partial charge in [-0.2, -0.15) is 10.2 Å². The molecule has 3 rings (SSSR count). The molecule has 0 radical (unpaired) electrons. The van der Waals surface area contributed by atoms with Crippen LogP contribution < -0.4 is 0 Å². The van der Waals surface area contributed by atoms with Gasteiger partial charge in [-0.3, -0.25) is 0 Å². The Morgan fingerprint density at radius 3 is 3.00 bits per heavy atom. The zero-order valence-electron chi connectivity index (χ0n) is 9.49. The fraction of sp³-hybridized carbons (Fsp3) is 0.0833. The van der Waals surface area contributed by atoms with Crippen molar-refractivity contribution in [3.63, 3.8) is 0 Å². The number of nitriles is 1. The van der Waals surface area contributed by atoms with Gasteiger partial charge in [-0.25, -0.2) is 0 Å². The first kappa shape index (κ1) is 10.4. The van der Waals surface area contributed by atoms with E-state index in [-0.39, 0.29) is 0 Å². The van der Waals surface area contributed by atoms with Crippen molar-refractivity contribution in [3.05, 3.63) is 36.4 Å². The van der Waals surface area contributed by atoms with E-state index in [1.54, 1.807) is 35.4 Å². The molecule has 0 bridgehead atoms. The van der Waals surface area contributed by atoms with E-state index in [1.807, 2.05) is 7.05 Å². The van der Waals surface area contributed by atoms with Crippen LogP contribution in [0, 0.1) is 11.3 Å². The van der Waals surface area contributed by atoms with Crippen LogP contribution in [-0.4, -0.2) is 14.7 Å². The molecule has 3 heterocycles. The summed E-state index contributed by atoms with van der Waals surface area (Å²) in [6, 6.07) is 5.52. The molecule has 6 heteroatoms. The number of nitrogens with zero attached hydrogens (tertiary/aromatic N) is 4. The highest BCUT2D eigenvalue weighted by molar-refractivity contribution is 5.58. The second kappa shape index (κ2) is 3.89. The Labute approximate surface area is 102 Å². The molecule has 0 amide bonds. The summed E-state index contributed by atoms with van der Waals surface area (Å²) in [4.78, 5) is 4.26. The van der Waals surface area contributed by atoms with E-state index in [2.05, 4.69) is 16.2 Å². The molecule has 88 valence electrons. The minimum atomic E-state index is 0.371. The standard InChI is InChI=1S/C12H8N4O2/c1-16-6-8(5-13)4-10(16)12-14-11(15-18-12)9-2-3-17-7-9/h2-4,6-7H,1H3. The number of hydrogen-bond donors (Lipinski definition) is 0. The Kier molecular flexibility index (Phi) is 2.24. The Morgan fingerprint density at radius 2 is 2.33 bits per heavy atom. The lowest BCUT2D eigenvalue weighted by molar-refractivity contribution is 0.429. The number of hydrogen-bond acceptors (Lipinski definition) is 5. The zero-order chi connectivity index (χ0) is 12.5. The van der Waals surface area contributed by atoms with Crippen molar-refractivity contribution in [2.45, 2.75) is 0 Å². The molecule has 0 N–H and O–H groups in total. The van der Waals surface area contributed by atoms with Gasteiger partial charge in [-0.15, -0.1) is 0 Å². The van der Waals surface area contributed by atoms with Crippen LogP contribution in [-0.2, 0) is 7.05 Å². The second-order valence-corrected chi connectivity index (χ2v) is 3.77. The van der Waals surface area contributed by atoms with Gasteiger partial charge in [-0.05, 0) is 12.1 Å². The molecule has 0 fully saturated rings. The number of furan rings is 1. The SMILES string of the molecule is Cn1cc(C#N)cc1-c1nc(-c2ccoc2)no1. The summed E-state index contributed by atoms with van der Waals surface area (Å²) >= 11 is 0. The third kappa shape index (κ3) is 1.58. The maximum Gasteiger partial charge on any atom is 0.274 e. The van der Waals surface area contributed by atoms with Crippen molar-refractivity contribution in [2.24, 2.45) is 7.05 Å². The molecule has 3 aromatic rings. The van der Waals surface area contributed by atoms with Gasteiger partial charge in [0.2, 0.25) is 5.82 Å². The van der Waals surface area contributed by atoms with Crippen LogP contribution in [0.1, 0.15) is 5.56 Å². The first-order valence-corrected chi connectivity index (χ1v) is 5.21. The van der Waals surface area contributed by atoms with E-state index in [1.165, 1.54) is 0 Å². The molecule has 0 saturated carbocycles. The third-order valence-electron chi connectivity index (χ3n) is 2.56. The Bertz CT molecular complexity index is 716. The first-order valence-electron chi connectivity index (χ1n) is 5.21. The molecule has 0 aliphatic carbocycles. The maximum absolute atomic E-state index is 8.84. The molecular formula is C12H8N4O2. The summed E-state index contributed by atoms with van der Waals surface area (Å²) in [6.07, 6.45) is 4.79. The van der Waals surface area contributed by atoms with Gasteiger partial charge >= 0.3 is 0 Å². The zero-order valence-corrected chi connectivity index (χ0v) is 9.49. The van der Waals surface area contributed by atoms with Crippen LogP contribution in [0.15, 0.2) is 39.8 Å². The van der Waals surface area contributed by atoms with Gasteiger partial charge < -0.3 is 13.5 Å².